The van der Waals surface area contributed by atoms with E-state index < -0.39 is 29.7 Å². The Kier molecular flexibility index (Phi) is 3.85. The molecule has 104 valence electrons. The number of carboxylic acid groups (broad SMARTS) is 1. The van der Waals surface area contributed by atoms with Crippen molar-refractivity contribution in [2.45, 2.75) is 38.8 Å². The molecule has 0 radical (unpaired) electrons. The Balaban J connectivity index is 2.17. The third-order valence-electron chi connectivity index (χ3n) is 3.53. The molecule has 2 unspecified atom stereocenters. The molecule has 2 N–H and O–H groups in total. The van der Waals surface area contributed by atoms with Gasteiger partial charge < -0.3 is 5.11 Å². The first-order chi connectivity index (χ1) is 8.90. The Bertz CT molecular complexity index is 500. The topological polar surface area (TPSA) is 49.3 Å². The van der Waals surface area contributed by atoms with Crippen LogP contribution in [0.15, 0.2) is 12.1 Å². The molecule has 0 aromatic heterocycles. The van der Waals surface area contributed by atoms with Gasteiger partial charge in [-0.25, -0.2) is 8.78 Å². The Hall–Kier alpha value is -1.49. The van der Waals surface area contributed by atoms with Crippen LogP contribution < -0.4 is 5.32 Å². The summed E-state index contributed by atoms with van der Waals surface area (Å²) >= 11 is 0. The van der Waals surface area contributed by atoms with Crippen molar-refractivity contribution in [3.8, 4) is 0 Å². The van der Waals surface area contributed by atoms with Crippen LogP contribution in [0.25, 0.3) is 0 Å². The number of hydrogen-bond acceptors (Lipinski definition) is 2. The van der Waals surface area contributed by atoms with Crippen molar-refractivity contribution in [1.82, 2.24) is 5.32 Å². The van der Waals surface area contributed by atoms with Gasteiger partial charge in [-0.3, -0.25) is 10.1 Å². The number of rotatable bonds is 5. The fourth-order valence-corrected chi connectivity index (χ4v) is 2.19. The summed E-state index contributed by atoms with van der Waals surface area (Å²) in [7, 11) is 0. The molecule has 1 aliphatic carbocycles. The molecule has 1 saturated carbocycles. The summed E-state index contributed by atoms with van der Waals surface area (Å²) in [5, 5.41) is 12.0. The fourth-order valence-electron chi connectivity index (χ4n) is 2.19. The summed E-state index contributed by atoms with van der Waals surface area (Å²) in [6, 6.07) is 1.03. The van der Waals surface area contributed by atoms with Crippen molar-refractivity contribution in [2.75, 3.05) is 0 Å². The molecule has 1 aromatic rings. The van der Waals surface area contributed by atoms with Crippen LogP contribution in [0.2, 0.25) is 0 Å². The van der Waals surface area contributed by atoms with Gasteiger partial charge in [-0.2, -0.15) is 0 Å². The monoisotopic (exact) mass is 269 g/mol. The highest BCUT2D eigenvalue weighted by atomic mass is 19.1. The maximum Gasteiger partial charge on any atom is 0.320 e. The van der Waals surface area contributed by atoms with E-state index in [1.54, 1.807) is 6.92 Å². The van der Waals surface area contributed by atoms with Gasteiger partial charge in [0.05, 0.1) is 0 Å². The molecule has 1 aliphatic rings. The highest BCUT2D eigenvalue weighted by molar-refractivity contribution is 5.74. The first kappa shape index (κ1) is 13.9. The molecule has 0 amide bonds. The second-order valence-electron chi connectivity index (χ2n) is 5.16. The van der Waals surface area contributed by atoms with Crippen LogP contribution in [0.1, 0.15) is 36.9 Å². The van der Waals surface area contributed by atoms with E-state index >= 15 is 0 Å². The average molecular weight is 269 g/mol. The van der Waals surface area contributed by atoms with E-state index in [0.717, 1.165) is 25.0 Å². The number of carbonyl (C=O) groups is 1. The van der Waals surface area contributed by atoms with Crippen LogP contribution in [0.4, 0.5) is 8.78 Å². The van der Waals surface area contributed by atoms with Crippen molar-refractivity contribution in [1.29, 1.82) is 0 Å². The van der Waals surface area contributed by atoms with Crippen molar-refractivity contribution in [3.05, 3.63) is 34.9 Å². The molecule has 0 spiro atoms. The van der Waals surface area contributed by atoms with Crippen molar-refractivity contribution in [3.63, 3.8) is 0 Å². The zero-order valence-corrected chi connectivity index (χ0v) is 10.9. The van der Waals surface area contributed by atoms with Gasteiger partial charge in [-0.05, 0) is 50.3 Å². The lowest BCUT2D eigenvalue weighted by molar-refractivity contribution is -0.140. The van der Waals surface area contributed by atoms with Crippen molar-refractivity contribution < 1.29 is 18.7 Å². The summed E-state index contributed by atoms with van der Waals surface area (Å²) in [6.07, 6.45) is 1.73. The van der Waals surface area contributed by atoms with Crippen LogP contribution in [0.5, 0.6) is 0 Å². The Morgan fingerprint density at radius 2 is 2.00 bits per heavy atom. The molecule has 0 heterocycles. The molecule has 0 aliphatic heterocycles. The van der Waals surface area contributed by atoms with Crippen LogP contribution in [-0.2, 0) is 4.79 Å². The van der Waals surface area contributed by atoms with Crippen molar-refractivity contribution in [2.24, 2.45) is 5.92 Å². The first-order valence-electron chi connectivity index (χ1n) is 6.34. The number of aliphatic carboxylic acids is 1. The fraction of sp³-hybridized carbons (Fsp3) is 0.500. The molecule has 0 bridgehead atoms. The summed E-state index contributed by atoms with van der Waals surface area (Å²) in [5.74, 6) is -1.84. The van der Waals surface area contributed by atoms with Gasteiger partial charge in [-0.15, -0.1) is 0 Å². The zero-order valence-electron chi connectivity index (χ0n) is 10.9. The SMILES string of the molecule is Cc1cc(F)c(C(C)NC(C(=O)O)C2CC2)cc1F. The van der Waals surface area contributed by atoms with Gasteiger partial charge in [0.25, 0.3) is 0 Å². The van der Waals surface area contributed by atoms with Crippen LogP contribution in [-0.4, -0.2) is 17.1 Å². The van der Waals surface area contributed by atoms with E-state index in [-0.39, 0.29) is 17.0 Å². The molecule has 19 heavy (non-hydrogen) atoms. The van der Waals surface area contributed by atoms with E-state index in [1.807, 2.05) is 0 Å². The Morgan fingerprint density at radius 3 is 2.53 bits per heavy atom. The quantitative estimate of drug-likeness (QED) is 0.864. The predicted molar refractivity (Wildman–Crippen MR) is 66.8 cm³/mol. The molecule has 1 fully saturated rings. The molecule has 2 atom stereocenters. The zero-order chi connectivity index (χ0) is 14.2. The normalized spacial score (nSPS) is 18.1. The van der Waals surface area contributed by atoms with Gasteiger partial charge >= 0.3 is 5.97 Å². The van der Waals surface area contributed by atoms with E-state index in [4.69, 9.17) is 5.11 Å². The Morgan fingerprint density at radius 1 is 1.37 bits per heavy atom. The number of benzene rings is 1. The molecule has 3 nitrogen and oxygen atoms in total. The number of carboxylic acids is 1. The molecule has 5 heteroatoms. The van der Waals surface area contributed by atoms with E-state index in [9.17, 15) is 13.6 Å². The molecule has 0 saturated heterocycles. The number of aryl methyl sites for hydroxylation is 1. The number of halogens is 2. The summed E-state index contributed by atoms with van der Waals surface area (Å²) < 4.78 is 27.3. The maximum absolute atomic E-state index is 13.8. The molecular formula is C14H17F2NO2. The van der Waals surface area contributed by atoms with Gasteiger partial charge in [0.2, 0.25) is 0 Å². The van der Waals surface area contributed by atoms with Crippen molar-refractivity contribution >= 4 is 5.97 Å². The highest BCUT2D eigenvalue weighted by Gasteiger charge is 2.37. The molecular weight excluding hydrogens is 252 g/mol. The third-order valence-corrected chi connectivity index (χ3v) is 3.53. The lowest BCUT2D eigenvalue weighted by atomic mass is 10.0. The van der Waals surface area contributed by atoms with Crippen LogP contribution in [0.3, 0.4) is 0 Å². The summed E-state index contributed by atoms with van der Waals surface area (Å²) in [5.41, 5.74) is 0.403. The van der Waals surface area contributed by atoms with E-state index in [0.29, 0.717) is 0 Å². The Labute approximate surface area is 110 Å². The number of hydrogen-bond donors (Lipinski definition) is 2. The number of nitrogens with one attached hydrogen (secondary N) is 1. The lowest BCUT2D eigenvalue weighted by Gasteiger charge is -2.21. The van der Waals surface area contributed by atoms with Gasteiger partial charge in [0.1, 0.15) is 17.7 Å². The lowest BCUT2D eigenvalue weighted by Crippen LogP contribution is -2.40. The van der Waals surface area contributed by atoms with Gasteiger partial charge in [0.15, 0.2) is 0 Å². The maximum atomic E-state index is 13.8. The third kappa shape index (κ3) is 3.10. The minimum absolute atomic E-state index is 0.0957. The largest absolute Gasteiger partial charge is 0.480 e. The second-order valence-corrected chi connectivity index (χ2v) is 5.16. The smallest absolute Gasteiger partial charge is 0.320 e. The predicted octanol–water partition coefficient (Wildman–Crippen LogP) is 2.79. The molecule has 1 aromatic carbocycles. The van der Waals surface area contributed by atoms with E-state index in [1.165, 1.54) is 6.92 Å². The summed E-state index contributed by atoms with van der Waals surface area (Å²) in [4.78, 5) is 11.1. The second kappa shape index (κ2) is 5.25. The van der Waals surface area contributed by atoms with Crippen LogP contribution >= 0.6 is 0 Å². The minimum Gasteiger partial charge on any atom is -0.480 e. The van der Waals surface area contributed by atoms with Gasteiger partial charge in [0, 0.05) is 11.6 Å². The minimum atomic E-state index is -0.942. The standard InChI is InChI=1S/C14H17F2NO2/c1-7-5-12(16)10(6-11(7)15)8(2)17-13(14(18)19)9-3-4-9/h5-6,8-9,13,17H,3-4H2,1-2H3,(H,18,19). The van der Waals surface area contributed by atoms with E-state index in [2.05, 4.69) is 5.32 Å². The van der Waals surface area contributed by atoms with Crippen LogP contribution in [0, 0.1) is 24.5 Å². The van der Waals surface area contributed by atoms with Gasteiger partial charge in [-0.1, -0.05) is 0 Å². The summed E-state index contributed by atoms with van der Waals surface area (Å²) in [6.45, 7) is 3.13. The average Bonchev–Trinajstić information content (AvgIpc) is 3.14. The first-order valence-corrected chi connectivity index (χ1v) is 6.34. The highest BCUT2D eigenvalue weighted by Crippen LogP contribution is 2.34. The molecule has 2 rings (SSSR count).